The van der Waals surface area contributed by atoms with Gasteiger partial charge in [0.1, 0.15) is 0 Å². The van der Waals surface area contributed by atoms with Gasteiger partial charge in [-0.15, -0.1) is 0 Å². The first-order valence-electron chi connectivity index (χ1n) is 3.09. The fourth-order valence-corrected chi connectivity index (χ4v) is 1.28. The maximum atomic E-state index is 13.0. The van der Waals surface area contributed by atoms with Crippen LogP contribution in [0.15, 0.2) is 16.6 Å². The summed E-state index contributed by atoms with van der Waals surface area (Å²) in [6.45, 7) is 0.303. The van der Waals surface area contributed by atoms with E-state index in [9.17, 15) is 4.39 Å². The highest BCUT2D eigenvalue weighted by molar-refractivity contribution is 9.10. The summed E-state index contributed by atoms with van der Waals surface area (Å²) in [7, 11) is 0. The molecule has 4 N–H and O–H groups in total. The zero-order valence-corrected chi connectivity index (χ0v) is 7.36. The summed E-state index contributed by atoms with van der Waals surface area (Å²) in [5.41, 5.74) is 11.5. The minimum absolute atomic E-state index is 0.133. The van der Waals surface area contributed by atoms with Crippen molar-refractivity contribution in [2.24, 2.45) is 5.73 Å². The van der Waals surface area contributed by atoms with E-state index in [-0.39, 0.29) is 5.69 Å². The van der Waals surface area contributed by atoms with Gasteiger partial charge in [-0.3, -0.25) is 0 Å². The molecule has 0 saturated carbocycles. The van der Waals surface area contributed by atoms with Gasteiger partial charge in [0.25, 0.3) is 0 Å². The second-order valence-corrected chi connectivity index (χ2v) is 2.94. The van der Waals surface area contributed by atoms with Crippen molar-refractivity contribution in [3.63, 3.8) is 0 Å². The van der Waals surface area contributed by atoms with Crippen molar-refractivity contribution in [1.82, 2.24) is 0 Å². The lowest BCUT2D eigenvalue weighted by Gasteiger charge is -2.03. The van der Waals surface area contributed by atoms with Crippen LogP contribution in [-0.4, -0.2) is 0 Å². The van der Waals surface area contributed by atoms with Crippen LogP contribution in [-0.2, 0) is 6.54 Å². The number of nitrogens with two attached hydrogens (primary N) is 2. The smallest absolute Gasteiger partial charge is 0.160 e. The van der Waals surface area contributed by atoms with Crippen molar-refractivity contribution >= 4 is 21.6 Å². The van der Waals surface area contributed by atoms with E-state index < -0.39 is 5.82 Å². The minimum Gasteiger partial charge on any atom is -0.396 e. The molecule has 1 aromatic rings. The number of nitrogen functional groups attached to an aromatic ring is 1. The Kier molecular flexibility index (Phi) is 2.46. The third kappa shape index (κ3) is 1.52. The van der Waals surface area contributed by atoms with Gasteiger partial charge in [-0.25, -0.2) is 4.39 Å². The van der Waals surface area contributed by atoms with Gasteiger partial charge in [0, 0.05) is 6.54 Å². The van der Waals surface area contributed by atoms with Crippen molar-refractivity contribution < 1.29 is 4.39 Å². The molecule has 0 spiro atoms. The van der Waals surface area contributed by atoms with Crippen LogP contribution in [0.3, 0.4) is 0 Å². The summed E-state index contributed by atoms with van der Waals surface area (Å²) in [5, 5.41) is 0. The molecule has 11 heavy (non-hydrogen) atoms. The van der Waals surface area contributed by atoms with Crippen LogP contribution >= 0.6 is 15.9 Å². The molecule has 0 aliphatic heterocycles. The van der Waals surface area contributed by atoms with E-state index in [4.69, 9.17) is 11.5 Å². The average Bonchev–Trinajstić information content (AvgIpc) is 2.01. The van der Waals surface area contributed by atoms with Crippen LogP contribution in [0.2, 0.25) is 0 Å². The van der Waals surface area contributed by atoms with Gasteiger partial charge in [0.05, 0.1) is 10.2 Å². The Labute approximate surface area is 72.5 Å². The fourth-order valence-electron chi connectivity index (χ4n) is 0.762. The quantitative estimate of drug-likeness (QED) is 0.705. The van der Waals surface area contributed by atoms with E-state index in [0.29, 0.717) is 11.0 Å². The zero-order valence-electron chi connectivity index (χ0n) is 5.77. The molecule has 1 rings (SSSR count). The van der Waals surface area contributed by atoms with Crippen LogP contribution in [0.25, 0.3) is 0 Å². The summed E-state index contributed by atoms with van der Waals surface area (Å²) >= 11 is 3.06. The molecule has 0 fully saturated rings. The predicted molar refractivity (Wildman–Crippen MR) is 46.4 cm³/mol. The predicted octanol–water partition coefficient (Wildman–Crippen LogP) is 1.63. The highest BCUT2D eigenvalue weighted by Crippen LogP contribution is 2.24. The summed E-state index contributed by atoms with van der Waals surface area (Å²) in [4.78, 5) is 0. The van der Waals surface area contributed by atoms with E-state index in [2.05, 4.69) is 15.9 Å². The normalized spacial score (nSPS) is 10.1. The molecule has 0 aliphatic rings. The number of hydrogen-bond acceptors (Lipinski definition) is 2. The Hall–Kier alpha value is -0.610. The van der Waals surface area contributed by atoms with Gasteiger partial charge < -0.3 is 11.5 Å². The van der Waals surface area contributed by atoms with Crippen LogP contribution in [0.4, 0.5) is 10.1 Å². The Morgan fingerprint density at radius 3 is 2.64 bits per heavy atom. The molecule has 1 aromatic carbocycles. The molecule has 0 radical (unpaired) electrons. The fraction of sp³-hybridized carbons (Fsp3) is 0.143. The van der Waals surface area contributed by atoms with E-state index in [1.807, 2.05) is 0 Å². The molecule has 0 atom stereocenters. The first-order valence-corrected chi connectivity index (χ1v) is 3.88. The highest BCUT2D eigenvalue weighted by atomic mass is 79.9. The number of rotatable bonds is 1. The van der Waals surface area contributed by atoms with Crippen LogP contribution in [0.1, 0.15) is 5.56 Å². The second kappa shape index (κ2) is 3.19. The van der Waals surface area contributed by atoms with Crippen LogP contribution in [0, 0.1) is 5.82 Å². The molecule has 0 saturated heterocycles. The van der Waals surface area contributed by atoms with Crippen molar-refractivity contribution in [3.8, 4) is 0 Å². The van der Waals surface area contributed by atoms with Gasteiger partial charge in [0.2, 0.25) is 0 Å². The van der Waals surface area contributed by atoms with Gasteiger partial charge in [-0.2, -0.15) is 0 Å². The van der Waals surface area contributed by atoms with E-state index in [1.54, 1.807) is 6.07 Å². The molecule has 2 nitrogen and oxygen atoms in total. The molecule has 0 unspecified atom stereocenters. The zero-order chi connectivity index (χ0) is 8.43. The maximum Gasteiger partial charge on any atom is 0.160 e. The molecular formula is C7H8BrFN2. The first kappa shape index (κ1) is 8.49. The third-order valence-electron chi connectivity index (χ3n) is 1.41. The van der Waals surface area contributed by atoms with Crippen LogP contribution < -0.4 is 11.5 Å². The van der Waals surface area contributed by atoms with Crippen molar-refractivity contribution in [2.45, 2.75) is 6.54 Å². The summed E-state index contributed by atoms with van der Waals surface area (Å²) in [5.74, 6) is -0.437. The number of halogens is 2. The highest BCUT2D eigenvalue weighted by Gasteiger charge is 2.06. The van der Waals surface area contributed by atoms with Crippen molar-refractivity contribution in [3.05, 3.63) is 28.0 Å². The Morgan fingerprint density at radius 2 is 2.09 bits per heavy atom. The van der Waals surface area contributed by atoms with Gasteiger partial charge in [0.15, 0.2) is 5.82 Å². The lowest BCUT2D eigenvalue weighted by molar-refractivity contribution is 0.623. The largest absolute Gasteiger partial charge is 0.396 e. The second-order valence-electron chi connectivity index (χ2n) is 2.15. The van der Waals surface area contributed by atoms with E-state index in [1.165, 1.54) is 6.07 Å². The van der Waals surface area contributed by atoms with Crippen molar-refractivity contribution in [1.29, 1.82) is 0 Å². The number of anilines is 1. The van der Waals surface area contributed by atoms with E-state index >= 15 is 0 Å². The number of hydrogen-bond donors (Lipinski definition) is 2. The standard InChI is InChI=1S/C7H8BrFN2/c8-6-4(3-10)1-2-5(11)7(6)9/h1-2H,3,10-11H2. The molecule has 0 amide bonds. The molecule has 60 valence electrons. The summed E-state index contributed by atoms with van der Waals surface area (Å²) in [6.07, 6.45) is 0. The average molecular weight is 219 g/mol. The minimum atomic E-state index is -0.437. The monoisotopic (exact) mass is 218 g/mol. The molecule has 0 bridgehead atoms. The third-order valence-corrected chi connectivity index (χ3v) is 2.27. The Balaban J connectivity index is 3.25. The van der Waals surface area contributed by atoms with Crippen molar-refractivity contribution in [2.75, 3.05) is 5.73 Å². The molecule has 0 aromatic heterocycles. The molecule has 0 aliphatic carbocycles. The van der Waals surface area contributed by atoms with Gasteiger partial charge in [-0.05, 0) is 27.6 Å². The SMILES string of the molecule is NCc1ccc(N)c(F)c1Br. The first-order chi connectivity index (χ1) is 5.16. The topological polar surface area (TPSA) is 52.0 Å². The molecular weight excluding hydrogens is 211 g/mol. The van der Waals surface area contributed by atoms with Crippen LogP contribution in [0.5, 0.6) is 0 Å². The lowest BCUT2D eigenvalue weighted by atomic mass is 10.2. The van der Waals surface area contributed by atoms with Gasteiger partial charge >= 0.3 is 0 Å². The summed E-state index contributed by atoms with van der Waals surface area (Å²) in [6, 6.07) is 3.20. The van der Waals surface area contributed by atoms with Gasteiger partial charge in [-0.1, -0.05) is 6.07 Å². The molecule has 4 heteroatoms. The Morgan fingerprint density at radius 1 is 1.45 bits per heavy atom. The molecule has 0 heterocycles. The number of benzene rings is 1. The maximum absolute atomic E-state index is 13.0. The van der Waals surface area contributed by atoms with E-state index in [0.717, 1.165) is 5.56 Å². The lowest BCUT2D eigenvalue weighted by Crippen LogP contribution is -2.00. The Bertz CT molecular complexity index is 275. The summed E-state index contributed by atoms with van der Waals surface area (Å²) < 4.78 is 13.3.